The molecular weight excluding hydrogens is 246 g/mol. The Morgan fingerprint density at radius 3 is 1.89 bits per heavy atom. The fraction of sp³-hybridized carbons (Fsp3) is 0.625. The summed E-state index contributed by atoms with van der Waals surface area (Å²) < 4.78 is 31.1. The number of hydrogen-bond donors (Lipinski definition) is 0. The number of ether oxygens (including phenoxy) is 1. The van der Waals surface area contributed by atoms with Gasteiger partial charge in [-0.2, -0.15) is 0 Å². The molecule has 1 nitrogen and oxygen atoms in total. The fourth-order valence-electron chi connectivity index (χ4n) is 2.04. The molecule has 0 aliphatic carbocycles. The predicted octanol–water partition coefficient (Wildman–Crippen LogP) is 5.48. The lowest BCUT2D eigenvalue weighted by atomic mass is 10.1. The first-order valence-electron chi connectivity index (χ1n) is 7.31. The van der Waals surface area contributed by atoms with Crippen molar-refractivity contribution >= 4 is 0 Å². The Hall–Kier alpha value is -1.12. The highest BCUT2D eigenvalue weighted by molar-refractivity contribution is 5.23. The average molecular weight is 270 g/mol. The second kappa shape index (κ2) is 9.76. The van der Waals surface area contributed by atoms with Gasteiger partial charge >= 0.3 is 0 Å². The fourth-order valence-corrected chi connectivity index (χ4v) is 2.04. The van der Waals surface area contributed by atoms with Gasteiger partial charge in [-0.3, -0.25) is 0 Å². The number of halogens is 2. The van der Waals surface area contributed by atoms with Crippen LogP contribution in [0.3, 0.4) is 0 Å². The van der Waals surface area contributed by atoms with E-state index < -0.39 is 11.6 Å². The van der Waals surface area contributed by atoms with Crippen LogP contribution < -0.4 is 4.74 Å². The zero-order valence-electron chi connectivity index (χ0n) is 11.8. The van der Waals surface area contributed by atoms with Crippen molar-refractivity contribution in [1.82, 2.24) is 0 Å². The van der Waals surface area contributed by atoms with E-state index in [4.69, 9.17) is 4.74 Å². The molecule has 0 radical (unpaired) electrons. The summed E-state index contributed by atoms with van der Waals surface area (Å²) in [6.45, 7) is 2.74. The summed E-state index contributed by atoms with van der Waals surface area (Å²) >= 11 is 0. The number of hydrogen-bond acceptors (Lipinski definition) is 1. The second-order valence-electron chi connectivity index (χ2n) is 4.93. The molecule has 0 bridgehead atoms. The van der Waals surface area contributed by atoms with Crippen molar-refractivity contribution in [3.8, 4) is 5.75 Å². The summed E-state index contributed by atoms with van der Waals surface area (Å²) in [5, 5.41) is 0. The molecule has 0 N–H and O–H groups in total. The van der Waals surface area contributed by atoms with E-state index in [0.29, 0.717) is 6.61 Å². The van der Waals surface area contributed by atoms with Crippen molar-refractivity contribution < 1.29 is 13.5 Å². The zero-order valence-corrected chi connectivity index (χ0v) is 11.8. The molecule has 1 rings (SSSR count). The molecule has 1 aromatic carbocycles. The second-order valence-corrected chi connectivity index (χ2v) is 4.93. The standard InChI is InChI=1S/C16H24F2O/c1-2-3-4-5-6-7-8-9-10-19-16-12-14(17)11-15(18)13-16/h11-13H,2-10H2,1H3. The minimum Gasteiger partial charge on any atom is -0.493 e. The van der Waals surface area contributed by atoms with E-state index in [1.165, 1.54) is 50.7 Å². The molecule has 0 aliphatic heterocycles. The lowest BCUT2D eigenvalue weighted by Gasteiger charge is -2.06. The van der Waals surface area contributed by atoms with Gasteiger partial charge < -0.3 is 4.74 Å². The highest BCUT2D eigenvalue weighted by atomic mass is 19.1. The number of benzene rings is 1. The number of rotatable bonds is 10. The molecule has 0 unspecified atom stereocenters. The van der Waals surface area contributed by atoms with Crippen LogP contribution in [0, 0.1) is 11.6 Å². The molecule has 108 valence electrons. The van der Waals surface area contributed by atoms with Crippen molar-refractivity contribution in [2.45, 2.75) is 58.3 Å². The van der Waals surface area contributed by atoms with E-state index in [1.807, 2.05) is 0 Å². The lowest BCUT2D eigenvalue weighted by Crippen LogP contribution is -1.98. The monoisotopic (exact) mass is 270 g/mol. The van der Waals surface area contributed by atoms with E-state index in [0.717, 1.165) is 18.9 Å². The maximum absolute atomic E-state index is 12.9. The highest BCUT2D eigenvalue weighted by Crippen LogP contribution is 2.16. The third-order valence-corrected chi connectivity index (χ3v) is 3.10. The Morgan fingerprint density at radius 1 is 0.789 bits per heavy atom. The molecule has 0 atom stereocenters. The highest BCUT2D eigenvalue weighted by Gasteiger charge is 2.01. The first-order valence-corrected chi connectivity index (χ1v) is 7.31. The molecule has 0 amide bonds. The van der Waals surface area contributed by atoms with Gasteiger partial charge in [0, 0.05) is 18.2 Å². The van der Waals surface area contributed by atoms with Gasteiger partial charge in [0.25, 0.3) is 0 Å². The molecule has 0 aromatic heterocycles. The van der Waals surface area contributed by atoms with Crippen LogP contribution in [-0.4, -0.2) is 6.61 Å². The molecule has 0 saturated heterocycles. The normalized spacial score (nSPS) is 10.7. The van der Waals surface area contributed by atoms with Crippen LogP contribution >= 0.6 is 0 Å². The summed E-state index contributed by atoms with van der Waals surface area (Å²) in [7, 11) is 0. The third kappa shape index (κ3) is 7.81. The lowest BCUT2D eigenvalue weighted by molar-refractivity contribution is 0.301. The smallest absolute Gasteiger partial charge is 0.129 e. The Bertz CT molecular complexity index is 332. The van der Waals surface area contributed by atoms with Gasteiger partial charge in [0.15, 0.2) is 0 Å². The molecular formula is C16H24F2O. The SMILES string of the molecule is CCCCCCCCCCOc1cc(F)cc(F)c1. The van der Waals surface area contributed by atoms with Crippen LogP contribution in [-0.2, 0) is 0 Å². The van der Waals surface area contributed by atoms with E-state index in [2.05, 4.69) is 6.92 Å². The van der Waals surface area contributed by atoms with E-state index in [9.17, 15) is 8.78 Å². The van der Waals surface area contributed by atoms with E-state index in [-0.39, 0.29) is 5.75 Å². The van der Waals surface area contributed by atoms with Crippen molar-refractivity contribution in [3.63, 3.8) is 0 Å². The molecule has 1 aromatic rings. The maximum Gasteiger partial charge on any atom is 0.129 e. The quantitative estimate of drug-likeness (QED) is 0.511. The minimum atomic E-state index is -0.592. The van der Waals surface area contributed by atoms with Crippen molar-refractivity contribution in [2.75, 3.05) is 6.61 Å². The number of unbranched alkanes of at least 4 members (excludes halogenated alkanes) is 7. The van der Waals surface area contributed by atoms with Crippen molar-refractivity contribution in [2.24, 2.45) is 0 Å². The van der Waals surface area contributed by atoms with Crippen LogP contribution in [0.5, 0.6) is 5.75 Å². The van der Waals surface area contributed by atoms with Gasteiger partial charge in [-0.25, -0.2) is 8.78 Å². The molecule has 0 aliphatic rings. The van der Waals surface area contributed by atoms with Gasteiger partial charge in [0.05, 0.1) is 6.61 Å². The largest absolute Gasteiger partial charge is 0.493 e. The molecule has 19 heavy (non-hydrogen) atoms. The summed E-state index contributed by atoms with van der Waals surface area (Å²) in [6, 6.07) is 3.28. The van der Waals surface area contributed by atoms with Crippen LogP contribution in [0.4, 0.5) is 8.78 Å². The molecule has 3 heteroatoms. The van der Waals surface area contributed by atoms with Crippen LogP contribution in [0.2, 0.25) is 0 Å². The molecule has 0 fully saturated rings. The van der Waals surface area contributed by atoms with Gasteiger partial charge in [-0.05, 0) is 6.42 Å². The van der Waals surface area contributed by atoms with Crippen LogP contribution in [0.1, 0.15) is 58.3 Å². The molecule has 0 spiro atoms. The topological polar surface area (TPSA) is 9.23 Å². The van der Waals surface area contributed by atoms with E-state index in [1.54, 1.807) is 0 Å². The Labute approximate surface area is 115 Å². The van der Waals surface area contributed by atoms with Crippen molar-refractivity contribution in [1.29, 1.82) is 0 Å². The van der Waals surface area contributed by atoms with Crippen molar-refractivity contribution in [3.05, 3.63) is 29.8 Å². The first-order chi connectivity index (χ1) is 9.22. The van der Waals surface area contributed by atoms with Crippen LogP contribution in [0.25, 0.3) is 0 Å². The summed E-state index contributed by atoms with van der Waals surface area (Å²) in [4.78, 5) is 0. The Morgan fingerprint density at radius 2 is 1.32 bits per heavy atom. The predicted molar refractivity (Wildman–Crippen MR) is 74.5 cm³/mol. The average Bonchev–Trinajstić information content (AvgIpc) is 2.36. The van der Waals surface area contributed by atoms with Gasteiger partial charge in [0.2, 0.25) is 0 Å². The van der Waals surface area contributed by atoms with Crippen LogP contribution in [0.15, 0.2) is 18.2 Å². The van der Waals surface area contributed by atoms with Gasteiger partial charge in [0.1, 0.15) is 17.4 Å². The summed E-state index contributed by atoms with van der Waals surface area (Å²) in [5.74, 6) is -0.905. The third-order valence-electron chi connectivity index (χ3n) is 3.10. The van der Waals surface area contributed by atoms with E-state index >= 15 is 0 Å². The van der Waals surface area contributed by atoms with Gasteiger partial charge in [-0.15, -0.1) is 0 Å². The molecule has 0 saturated carbocycles. The first kappa shape index (κ1) is 15.9. The Kier molecular flexibility index (Phi) is 8.19. The minimum absolute atomic E-state index is 0.278. The summed E-state index contributed by atoms with van der Waals surface area (Å²) in [6.07, 6.45) is 9.78. The summed E-state index contributed by atoms with van der Waals surface area (Å²) in [5.41, 5.74) is 0. The zero-order chi connectivity index (χ0) is 13.9. The van der Waals surface area contributed by atoms with Gasteiger partial charge in [-0.1, -0.05) is 51.9 Å². The Balaban J connectivity index is 2.01. The maximum atomic E-state index is 12.9. The molecule has 0 heterocycles.